The summed E-state index contributed by atoms with van der Waals surface area (Å²) in [5.74, 6) is -1.40. The van der Waals surface area contributed by atoms with Crippen molar-refractivity contribution in [3.63, 3.8) is 0 Å². The second-order valence-corrected chi connectivity index (χ2v) is 6.36. The summed E-state index contributed by atoms with van der Waals surface area (Å²) in [4.78, 5) is 21.0. The molecule has 3 rings (SSSR count). The molecule has 1 aliphatic heterocycles. The van der Waals surface area contributed by atoms with E-state index in [0.29, 0.717) is 25.1 Å². The van der Waals surface area contributed by atoms with Crippen LogP contribution in [0.2, 0.25) is 0 Å². The Morgan fingerprint density at radius 3 is 2.79 bits per heavy atom. The van der Waals surface area contributed by atoms with Crippen molar-refractivity contribution >= 4 is 5.97 Å². The standard InChI is InChI=1S/C17H20FN3O3/c18-13-3-1-12(2-4-13)7-17(16(23)24)10-21(6-5-15(17)22)9-14-8-19-11-20-14/h1-4,8,11,15,22H,5-7,9-10H2,(H,19,20)(H,23,24)/t15-,17+/m0/s1. The minimum absolute atomic E-state index is 0.156. The number of hydrogen-bond donors (Lipinski definition) is 3. The van der Waals surface area contributed by atoms with Crippen molar-refractivity contribution in [2.24, 2.45) is 5.41 Å². The Kier molecular flexibility index (Phi) is 4.64. The highest BCUT2D eigenvalue weighted by atomic mass is 19.1. The molecule has 1 aromatic carbocycles. The van der Waals surface area contributed by atoms with Crippen molar-refractivity contribution in [1.29, 1.82) is 0 Å². The molecule has 0 saturated carbocycles. The lowest BCUT2D eigenvalue weighted by Gasteiger charge is -2.43. The van der Waals surface area contributed by atoms with Crippen molar-refractivity contribution in [3.05, 3.63) is 53.9 Å². The largest absolute Gasteiger partial charge is 0.481 e. The molecule has 1 fully saturated rings. The van der Waals surface area contributed by atoms with Gasteiger partial charge in [-0.25, -0.2) is 9.37 Å². The van der Waals surface area contributed by atoms with Gasteiger partial charge in [0.1, 0.15) is 11.2 Å². The van der Waals surface area contributed by atoms with Gasteiger partial charge in [0.2, 0.25) is 0 Å². The number of aliphatic hydroxyl groups is 1. The van der Waals surface area contributed by atoms with Crippen molar-refractivity contribution < 1.29 is 19.4 Å². The van der Waals surface area contributed by atoms with Gasteiger partial charge in [-0.1, -0.05) is 12.1 Å². The molecule has 0 radical (unpaired) electrons. The lowest BCUT2D eigenvalue weighted by molar-refractivity contribution is -0.163. The Bertz CT molecular complexity index is 690. The molecule has 0 unspecified atom stereocenters. The van der Waals surface area contributed by atoms with Crippen LogP contribution in [0.3, 0.4) is 0 Å². The Labute approximate surface area is 139 Å². The number of aromatic amines is 1. The summed E-state index contributed by atoms with van der Waals surface area (Å²) in [7, 11) is 0. The number of piperidine rings is 1. The Morgan fingerprint density at radius 1 is 1.42 bits per heavy atom. The third-order valence-corrected chi connectivity index (χ3v) is 4.67. The molecule has 2 atom stereocenters. The molecule has 2 aromatic rings. The molecule has 1 aromatic heterocycles. The molecular weight excluding hydrogens is 313 g/mol. The maximum Gasteiger partial charge on any atom is 0.313 e. The number of aliphatic hydroxyl groups excluding tert-OH is 1. The van der Waals surface area contributed by atoms with E-state index < -0.39 is 17.5 Å². The quantitative estimate of drug-likeness (QED) is 0.770. The second kappa shape index (κ2) is 6.70. The number of carboxylic acids is 1. The van der Waals surface area contributed by atoms with Crippen LogP contribution in [-0.2, 0) is 17.8 Å². The van der Waals surface area contributed by atoms with Crippen LogP contribution in [0.4, 0.5) is 4.39 Å². The van der Waals surface area contributed by atoms with E-state index in [0.717, 1.165) is 5.69 Å². The van der Waals surface area contributed by atoms with E-state index in [1.54, 1.807) is 24.7 Å². The number of nitrogens with zero attached hydrogens (tertiary/aromatic N) is 2. The molecule has 6 nitrogen and oxygen atoms in total. The van der Waals surface area contributed by atoms with E-state index in [9.17, 15) is 19.4 Å². The van der Waals surface area contributed by atoms with Gasteiger partial charge < -0.3 is 15.2 Å². The third kappa shape index (κ3) is 3.32. The van der Waals surface area contributed by atoms with Gasteiger partial charge in [-0.05, 0) is 30.5 Å². The van der Waals surface area contributed by atoms with E-state index in [1.165, 1.54) is 12.1 Å². The lowest BCUT2D eigenvalue weighted by atomic mass is 9.73. The van der Waals surface area contributed by atoms with Crippen molar-refractivity contribution in [3.8, 4) is 0 Å². The fourth-order valence-electron chi connectivity index (χ4n) is 3.34. The maximum atomic E-state index is 13.1. The lowest BCUT2D eigenvalue weighted by Crippen LogP contribution is -2.56. The fraction of sp³-hybridized carbons (Fsp3) is 0.412. The highest BCUT2D eigenvalue weighted by molar-refractivity contribution is 5.76. The zero-order valence-corrected chi connectivity index (χ0v) is 13.2. The second-order valence-electron chi connectivity index (χ2n) is 6.36. The number of carboxylic acid groups (broad SMARTS) is 1. The molecule has 7 heteroatoms. The number of nitrogens with one attached hydrogen (secondary N) is 1. The van der Waals surface area contributed by atoms with Crippen LogP contribution in [0, 0.1) is 11.2 Å². The van der Waals surface area contributed by atoms with Gasteiger partial charge in [-0.3, -0.25) is 9.69 Å². The van der Waals surface area contributed by atoms with Gasteiger partial charge in [-0.2, -0.15) is 0 Å². The molecule has 3 N–H and O–H groups in total. The molecule has 1 aliphatic rings. The molecule has 1 saturated heterocycles. The number of aromatic nitrogens is 2. The predicted octanol–water partition coefficient (Wildman–Crippen LogP) is 1.43. The zero-order valence-electron chi connectivity index (χ0n) is 13.2. The highest BCUT2D eigenvalue weighted by Gasteiger charge is 2.49. The first-order valence-electron chi connectivity index (χ1n) is 7.85. The van der Waals surface area contributed by atoms with E-state index in [-0.39, 0.29) is 18.8 Å². The predicted molar refractivity (Wildman–Crippen MR) is 84.7 cm³/mol. The number of H-pyrrole nitrogens is 1. The summed E-state index contributed by atoms with van der Waals surface area (Å²) in [5, 5.41) is 20.3. The first-order chi connectivity index (χ1) is 11.5. The number of aliphatic carboxylic acids is 1. The van der Waals surface area contributed by atoms with Crippen LogP contribution in [0.25, 0.3) is 0 Å². The SMILES string of the molecule is O=C(O)[C@]1(Cc2ccc(F)cc2)CN(Cc2cnc[nH]2)CC[C@@H]1O. The van der Waals surface area contributed by atoms with Gasteiger partial charge in [0, 0.05) is 31.5 Å². The zero-order chi connectivity index (χ0) is 17.2. The molecule has 0 bridgehead atoms. The fourth-order valence-corrected chi connectivity index (χ4v) is 3.34. The molecule has 24 heavy (non-hydrogen) atoms. The average molecular weight is 333 g/mol. The van der Waals surface area contributed by atoms with Crippen LogP contribution in [0.15, 0.2) is 36.8 Å². The monoisotopic (exact) mass is 333 g/mol. The minimum Gasteiger partial charge on any atom is -0.481 e. The topological polar surface area (TPSA) is 89.5 Å². The smallest absolute Gasteiger partial charge is 0.313 e. The summed E-state index contributed by atoms with van der Waals surface area (Å²) in [6.45, 7) is 1.38. The molecule has 0 amide bonds. The van der Waals surface area contributed by atoms with Crippen molar-refractivity contribution in [2.45, 2.75) is 25.5 Å². The summed E-state index contributed by atoms with van der Waals surface area (Å²) < 4.78 is 13.1. The minimum atomic E-state index is -1.31. The Hall–Kier alpha value is -2.25. The first-order valence-corrected chi connectivity index (χ1v) is 7.85. The summed E-state index contributed by atoms with van der Waals surface area (Å²) in [6.07, 6.45) is 2.87. The Balaban J connectivity index is 1.82. The molecule has 0 aliphatic carbocycles. The van der Waals surface area contributed by atoms with Gasteiger partial charge in [0.15, 0.2) is 0 Å². The van der Waals surface area contributed by atoms with E-state index >= 15 is 0 Å². The van der Waals surface area contributed by atoms with Gasteiger partial charge in [0.05, 0.1) is 12.4 Å². The average Bonchev–Trinajstić information content (AvgIpc) is 3.05. The summed E-state index contributed by atoms with van der Waals surface area (Å²) in [5.41, 5.74) is 0.282. The van der Waals surface area contributed by atoms with E-state index in [4.69, 9.17) is 0 Å². The number of likely N-dealkylation sites (tertiary alicyclic amines) is 1. The molecular formula is C17H20FN3O3. The van der Waals surface area contributed by atoms with Crippen LogP contribution in [0.5, 0.6) is 0 Å². The van der Waals surface area contributed by atoms with Gasteiger partial charge in [0.25, 0.3) is 0 Å². The van der Waals surface area contributed by atoms with Crippen LogP contribution in [0.1, 0.15) is 17.7 Å². The number of halogens is 1. The van der Waals surface area contributed by atoms with E-state index in [2.05, 4.69) is 9.97 Å². The molecule has 0 spiro atoms. The summed E-state index contributed by atoms with van der Waals surface area (Å²) in [6, 6.07) is 5.76. The summed E-state index contributed by atoms with van der Waals surface area (Å²) >= 11 is 0. The van der Waals surface area contributed by atoms with E-state index in [1.807, 2.05) is 4.90 Å². The number of hydrogen-bond acceptors (Lipinski definition) is 4. The third-order valence-electron chi connectivity index (χ3n) is 4.67. The normalized spacial score (nSPS) is 24.8. The molecule has 128 valence electrons. The van der Waals surface area contributed by atoms with Gasteiger partial charge >= 0.3 is 5.97 Å². The number of benzene rings is 1. The number of imidazole rings is 1. The van der Waals surface area contributed by atoms with Crippen LogP contribution >= 0.6 is 0 Å². The van der Waals surface area contributed by atoms with Crippen LogP contribution in [-0.4, -0.2) is 50.2 Å². The van der Waals surface area contributed by atoms with Gasteiger partial charge in [-0.15, -0.1) is 0 Å². The molecule has 2 heterocycles. The Morgan fingerprint density at radius 2 is 2.17 bits per heavy atom. The van der Waals surface area contributed by atoms with Crippen LogP contribution < -0.4 is 0 Å². The first kappa shape index (κ1) is 16.6. The van der Waals surface area contributed by atoms with Crippen molar-refractivity contribution in [1.82, 2.24) is 14.9 Å². The number of rotatable bonds is 5. The van der Waals surface area contributed by atoms with Crippen molar-refractivity contribution in [2.75, 3.05) is 13.1 Å². The maximum absolute atomic E-state index is 13.1. The number of carbonyl (C=O) groups is 1. The highest BCUT2D eigenvalue weighted by Crippen LogP contribution is 2.35.